The SMILES string of the molecule is CCCCCCC/C=C\C/C=C\CCCCCCCCCCCCCCOCC(COP(=O)(O)OCC(O)CO)OC(=O)CCCCCCCCCCCCCCCCCC. The molecule has 3 unspecified atom stereocenters. The Bertz CT molecular complexity index is 1010. The number of aliphatic hydroxyl groups is 2. The summed E-state index contributed by atoms with van der Waals surface area (Å²) in [5.41, 5.74) is 0. The summed E-state index contributed by atoms with van der Waals surface area (Å²) in [6.45, 7) is 3.56. The molecule has 0 rings (SSSR count). The summed E-state index contributed by atoms with van der Waals surface area (Å²) >= 11 is 0. The summed E-state index contributed by atoms with van der Waals surface area (Å²) in [5.74, 6) is -0.378. The first kappa shape index (κ1) is 59.9. The van der Waals surface area contributed by atoms with E-state index in [0.29, 0.717) is 6.61 Å². The number of carbonyl (C=O) groups excluding carboxylic acids is 1. The van der Waals surface area contributed by atoms with Gasteiger partial charge < -0.3 is 24.6 Å². The van der Waals surface area contributed by atoms with Crippen molar-refractivity contribution in [1.82, 2.24) is 0 Å². The summed E-state index contributed by atoms with van der Waals surface area (Å²) in [5, 5.41) is 18.4. The molecule has 0 aliphatic carbocycles. The van der Waals surface area contributed by atoms with Gasteiger partial charge in [-0.15, -0.1) is 0 Å². The van der Waals surface area contributed by atoms with Crippen LogP contribution in [-0.2, 0) is 27.9 Å². The fourth-order valence-electron chi connectivity index (χ4n) is 7.45. The number of unbranched alkanes of at least 4 members (excludes halogenated alkanes) is 32. The van der Waals surface area contributed by atoms with Crippen LogP contribution < -0.4 is 0 Å². The second-order valence-corrected chi connectivity index (χ2v) is 19.0. The highest BCUT2D eigenvalue weighted by atomic mass is 31.2. The molecular weight excluding hydrogens is 788 g/mol. The lowest BCUT2D eigenvalue weighted by Crippen LogP contribution is -2.29. The van der Waals surface area contributed by atoms with Crippen LogP contribution in [-0.4, -0.2) is 66.3 Å². The standard InChI is InChI=1S/C51H99O9P/c1-3-5-7-9-11-13-15-17-19-21-22-23-24-25-26-27-28-30-32-34-36-38-40-42-44-57-47-50(48-59-61(55,56)58-46-49(53)45-52)60-51(54)43-41-39-37-35-33-31-29-20-18-16-14-12-10-8-6-4-2/h15,17,21-22,49-50,52-53H,3-14,16,18-20,23-48H2,1-2H3,(H,55,56)/b17-15-,22-21-. The van der Waals surface area contributed by atoms with Gasteiger partial charge in [0.25, 0.3) is 0 Å². The minimum atomic E-state index is -4.52. The van der Waals surface area contributed by atoms with E-state index in [-0.39, 0.29) is 25.6 Å². The third-order valence-electron chi connectivity index (χ3n) is 11.4. The predicted octanol–water partition coefficient (Wildman–Crippen LogP) is 15.0. The first-order chi connectivity index (χ1) is 29.8. The number of ether oxygens (including phenoxy) is 2. The van der Waals surface area contributed by atoms with E-state index < -0.39 is 33.2 Å². The molecule has 3 atom stereocenters. The summed E-state index contributed by atoms with van der Waals surface area (Å²) in [4.78, 5) is 22.7. The fraction of sp³-hybridized carbons (Fsp3) is 0.902. The van der Waals surface area contributed by atoms with Crippen molar-refractivity contribution in [2.24, 2.45) is 0 Å². The Morgan fingerprint density at radius 2 is 0.885 bits per heavy atom. The largest absolute Gasteiger partial charge is 0.472 e. The van der Waals surface area contributed by atoms with Crippen molar-refractivity contribution >= 4 is 13.8 Å². The van der Waals surface area contributed by atoms with Crippen molar-refractivity contribution in [3.63, 3.8) is 0 Å². The molecule has 0 aromatic carbocycles. The maximum Gasteiger partial charge on any atom is 0.472 e. The molecule has 9 nitrogen and oxygen atoms in total. The van der Waals surface area contributed by atoms with Gasteiger partial charge in [-0.05, 0) is 44.9 Å². The maximum atomic E-state index is 12.7. The molecule has 10 heteroatoms. The summed E-state index contributed by atoms with van der Waals surface area (Å²) in [7, 11) is -4.52. The van der Waals surface area contributed by atoms with Crippen molar-refractivity contribution in [1.29, 1.82) is 0 Å². The molecule has 0 saturated heterocycles. The Kier molecular flexibility index (Phi) is 47.6. The number of hydrogen-bond acceptors (Lipinski definition) is 8. The van der Waals surface area contributed by atoms with Crippen LogP contribution in [0.25, 0.3) is 0 Å². The Morgan fingerprint density at radius 1 is 0.508 bits per heavy atom. The number of phosphoric ester groups is 1. The lowest BCUT2D eigenvalue weighted by molar-refractivity contribution is -0.154. The minimum absolute atomic E-state index is 0.0532. The smallest absolute Gasteiger partial charge is 0.457 e. The lowest BCUT2D eigenvalue weighted by atomic mass is 10.0. The van der Waals surface area contributed by atoms with Crippen molar-refractivity contribution in [2.45, 2.75) is 264 Å². The van der Waals surface area contributed by atoms with E-state index in [1.807, 2.05) is 0 Å². The topological polar surface area (TPSA) is 132 Å². The quantitative estimate of drug-likeness (QED) is 0.0236. The van der Waals surface area contributed by atoms with Crippen LogP contribution in [0.4, 0.5) is 0 Å². The molecule has 0 aromatic rings. The van der Waals surface area contributed by atoms with E-state index in [1.165, 1.54) is 186 Å². The molecule has 0 fully saturated rings. The normalized spacial score (nSPS) is 14.0. The summed E-state index contributed by atoms with van der Waals surface area (Å²) < 4.78 is 33.5. The molecule has 3 N–H and O–H groups in total. The van der Waals surface area contributed by atoms with Crippen LogP contribution >= 0.6 is 7.82 Å². The van der Waals surface area contributed by atoms with Crippen LogP contribution in [0.1, 0.15) is 251 Å². The average molecular weight is 887 g/mol. The molecule has 61 heavy (non-hydrogen) atoms. The van der Waals surface area contributed by atoms with Crippen LogP contribution in [0.3, 0.4) is 0 Å². The minimum Gasteiger partial charge on any atom is -0.457 e. The van der Waals surface area contributed by atoms with Crippen molar-refractivity contribution in [3.05, 3.63) is 24.3 Å². The lowest BCUT2D eigenvalue weighted by Gasteiger charge is -2.20. The maximum absolute atomic E-state index is 12.7. The molecule has 0 aliphatic heterocycles. The first-order valence-corrected chi connectivity index (χ1v) is 27.3. The van der Waals surface area contributed by atoms with Crippen LogP contribution in [0.15, 0.2) is 24.3 Å². The van der Waals surface area contributed by atoms with E-state index >= 15 is 0 Å². The number of carbonyl (C=O) groups is 1. The van der Waals surface area contributed by atoms with E-state index in [1.54, 1.807) is 0 Å². The van der Waals surface area contributed by atoms with Gasteiger partial charge in [0.2, 0.25) is 0 Å². The second kappa shape index (κ2) is 48.4. The van der Waals surface area contributed by atoms with Gasteiger partial charge in [0.05, 0.1) is 26.4 Å². The highest BCUT2D eigenvalue weighted by Gasteiger charge is 2.26. The molecule has 0 aromatic heterocycles. The monoisotopic (exact) mass is 887 g/mol. The third kappa shape index (κ3) is 48.2. The zero-order valence-corrected chi connectivity index (χ0v) is 40.8. The number of esters is 1. The first-order valence-electron chi connectivity index (χ1n) is 25.8. The second-order valence-electron chi connectivity index (χ2n) is 17.5. The van der Waals surface area contributed by atoms with E-state index in [4.69, 9.17) is 23.6 Å². The van der Waals surface area contributed by atoms with Gasteiger partial charge in [-0.1, -0.05) is 224 Å². The zero-order chi connectivity index (χ0) is 44.6. The summed E-state index contributed by atoms with van der Waals surface area (Å²) in [6.07, 6.45) is 52.9. The molecule has 0 radical (unpaired) electrons. The molecule has 0 bridgehead atoms. The number of allylic oxidation sites excluding steroid dienone is 4. The van der Waals surface area contributed by atoms with Crippen molar-refractivity contribution in [3.8, 4) is 0 Å². The Hall–Kier alpha value is -1.06. The van der Waals surface area contributed by atoms with E-state index in [9.17, 15) is 19.4 Å². The molecule has 0 amide bonds. The fourth-order valence-corrected chi connectivity index (χ4v) is 8.24. The van der Waals surface area contributed by atoms with Gasteiger partial charge in [0.1, 0.15) is 12.2 Å². The van der Waals surface area contributed by atoms with Gasteiger partial charge in [-0.25, -0.2) is 4.57 Å². The Morgan fingerprint density at radius 3 is 1.31 bits per heavy atom. The Labute approximate surface area is 376 Å². The van der Waals surface area contributed by atoms with E-state index in [2.05, 4.69) is 38.2 Å². The van der Waals surface area contributed by atoms with Crippen molar-refractivity contribution < 1.29 is 43.0 Å². The van der Waals surface area contributed by atoms with Gasteiger partial charge >= 0.3 is 13.8 Å². The Balaban J connectivity index is 4.02. The molecule has 362 valence electrons. The highest BCUT2D eigenvalue weighted by Crippen LogP contribution is 2.43. The molecule has 0 heterocycles. The number of rotatable bonds is 50. The third-order valence-corrected chi connectivity index (χ3v) is 12.3. The van der Waals surface area contributed by atoms with Crippen LogP contribution in [0.2, 0.25) is 0 Å². The van der Waals surface area contributed by atoms with Crippen LogP contribution in [0, 0.1) is 0 Å². The molecule has 0 aliphatic rings. The average Bonchev–Trinajstić information content (AvgIpc) is 3.25. The van der Waals surface area contributed by atoms with Crippen LogP contribution in [0.5, 0.6) is 0 Å². The van der Waals surface area contributed by atoms with E-state index in [0.717, 1.165) is 44.9 Å². The number of hydrogen-bond donors (Lipinski definition) is 3. The molecular formula is C51H99O9P. The molecule has 0 spiro atoms. The number of phosphoric acid groups is 1. The molecule has 0 saturated carbocycles. The van der Waals surface area contributed by atoms with Gasteiger partial charge in [0, 0.05) is 13.0 Å². The van der Waals surface area contributed by atoms with Gasteiger partial charge in [-0.2, -0.15) is 0 Å². The van der Waals surface area contributed by atoms with Gasteiger partial charge in [0.15, 0.2) is 0 Å². The zero-order valence-electron chi connectivity index (χ0n) is 39.9. The number of aliphatic hydroxyl groups excluding tert-OH is 2. The summed E-state index contributed by atoms with van der Waals surface area (Å²) in [6, 6.07) is 0. The predicted molar refractivity (Wildman–Crippen MR) is 256 cm³/mol. The van der Waals surface area contributed by atoms with Crippen molar-refractivity contribution in [2.75, 3.05) is 33.0 Å². The highest BCUT2D eigenvalue weighted by molar-refractivity contribution is 7.47. The van der Waals surface area contributed by atoms with Gasteiger partial charge in [-0.3, -0.25) is 13.8 Å².